The van der Waals surface area contributed by atoms with Gasteiger partial charge < -0.3 is 19.6 Å². The van der Waals surface area contributed by atoms with Crippen LogP contribution in [0, 0.1) is 0 Å². The summed E-state index contributed by atoms with van der Waals surface area (Å²) in [6.07, 6.45) is 0. The molecule has 4 heteroatoms. The molecule has 0 radical (unpaired) electrons. The molecule has 0 saturated carbocycles. The van der Waals surface area contributed by atoms with Crippen molar-refractivity contribution >= 4 is 133 Å². The summed E-state index contributed by atoms with van der Waals surface area (Å²) in [5, 5.41) is 14.5. The molecule has 20 aromatic rings. The van der Waals surface area contributed by atoms with Gasteiger partial charge in [0.15, 0.2) is 0 Å². The average molecular weight is 1590 g/mol. The number of hydrogen-bond acceptors (Lipinski definition) is 4. The van der Waals surface area contributed by atoms with Crippen LogP contribution in [-0.2, 0) is 21.7 Å². The zero-order valence-electron chi connectivity index (χ0n) is 70.9. The van der Waals surface area contributed by atoms with E-state index in [-0.39, 0.29) is 16.2 Å². The van der Waals surface area contributed by atoms with Gasteiger partial charge >= 0.3 is 0 Å². The zero-order chi connectivity index (χ0) is 83.2. The van der Waals surface area contributed by atoms with E-state index in [4.69, 9.17) is 0 Å². The van der Waals surface area contributed by atoms with Crippen molar-refractivity contribution in [1.29, 1.82) is 0 Å². The van der Waals surface area contributed by atoms with E-state index in [1.165, 1.54) is 154 Å². The highest BCUT2D eigenvalue weighted by Gasteiger charge is 2.50. The third kappa shape index (κ3) is 11.0. The minimum Gasteiger partial charge on any atom is -0.310 e. The van der Waals surface area contributed by atoms with Gasteiger partial charge in [0, 0.05) is 89.3 Å². The number of fused-ring (bicyclic) bond motifs is 22. The predicted molar refractivity (Wildman–Crippen MR) is 526 cm³/mol. The molecule has 4 nitrogen and oxygen atoms in total. The molecule has 590 valence electrons. The second-order valence-corrected chi connectivity index (χ2v) is 36.7. The van der Waals surface area contributed by atoms with Gasteiger partial charge in [0.1, 0.15) is 0 Å². The Morgan fingerprint density at radius 1 is 0.161 bits per heavy atom. The second-order valence-electron chi connectivity index (χ2n) is 36.7. The van der Waals surface area contributed by atoms with Gasteiger partial charge in [-0.25, -0.2) is 0 Å². The molecule has 20 aromatic carbocycles. The lowest BCUT2D eigenvalue weighted by molar-refractivity contribution is 0.601. The Bertz CT molecular complexity index is 7870. The van der Waals surface area contributed by atoms with Crippen molar-refractivity contribution < 1.29 is 0 Å². The van der Waals surface area contributed by atoms with Gasteiger partial charge in [-0.05, 0) is 300 Å². The van der Waals surface area contributed by atoms with Gasteiger partial charge in [0.05, 0.1) is 11.4 Å². The first-order valence-corrected chi connectivity index (χ1v) is 43.8. The summed E-state index contributed by atoms with van der Waals surface area (Å²) >= 11 is 0. The summed E-state index contributed by atoms with van der Waals surface area (Å²) in [6, 6.07) is 151. The first-order chi connectivity index (χ1) is 60.5. The largest absolute Gasteiger partial charge is 0.310 e. The van der Waals surface area contributed by atoms with E-state index in [9.17, 15) is 0 Å². The summed E-state index contributed by atoms with van der Waals surface area (Å²) in [5.74, 6) is 0. The number of nitrogens with zero attached hydrogens (tertiary/aromatic N) is 4. The highest BCUT2D eigenvalue weighted by molar-refractivity contribution is 6.15. The maximum Gasteiger partial charge on any atom is 0.0543 e. The normalized spacial score (nSPS) is 14.2. The maximum atomic E-state index is 2.56. The van der Waals surface area contributed by atoms with Crippen molar-refractivity contribution in [1.82, 2.24) is 0 Å². The minimum atomic E-state index is -0.432. The van der Waals surface area contributed by atoms with Crippen LogP contribution < -0.4 is 19.6 Å². The molecule has 0 unspecified atom stereocenters. The quantitative estimate of drug-likeness (QED) is 0.114. The number of para-hydroxylation sites is 4. The molecule has 0 aromatic heterocycles. The standard InChI is InChI=1S/C120H90N4/c1-117(2)105-71-93(121(85-35-13-9-14-36-85)89-52-47-75-29-21-24-32-79(75)66-89)56-59-95(105)100-61-63-102-111-99-44-28-27-43-97(99)109(73-107(111)119(5,6)115(102)113(100)117)124(88-41-19-12-20-42-88)92-55-50-78-45-46-82(65-84(78)69-92)83-51-58-98-104(70-83)112-103-64-62-101-96-60-57-94(122(86-37-15-10-16-38-86)90-53-48-76-30-22-25-33-80(76)67-90)72-106(96)118(3,4)114(101)116(103)120(7,8)108(112)74-110(98)123(87-39-17-11-18-40-87)91-54-49-77-31-23-26-34-81(77)68-91/h9-74H,1-8H3. The van der Waals surface area contributed by atoms with Crippen LogP contribution in [0.5, 0.6) is 0 Å². The predicted octanol–water partition coefficient (Wildman–Crippen LogP) is 33.4. The van der Waals surface area contributed by atoms with Gasteiger partial charge in [-0.1, -0.05) is 310 Å². The van der Waals surface area contributed by atoms with Crippen LogP contribution >= 0.6 is 0 Å². The molecule has 0 fully saturated rings. The molecule has 24 rings (SSSR count). The molecule has 124 heavy (non-hydrogen) atoms. The van der Waals surface area contributed by atoms with Crippen LogP contribution in [0.3, 0.4) is 0 Å². The van der Waals surface area contributed by atoms with Crippen molar-refractivity contribution in [2.75, 3.05) is 19.6 Å². The molecule has 0 saturated heterocycles. The van der Waals surface area contributed by atoms with Crippen molar-refractivity contribution in [2.45, 2.75) is 77.0 Å². The molecule has 0 amide bonds. The molecule has 4 aliphatic rings. The Labute approximate surface area is 725 Å². The molecule has 0 aliphatic heterocycles. The van der Waals surface area contributed by atoms with Gasteiger partial charge in [-0.2, -0.15) is 0 Å². The van der Waals surface area contributed by atoms with Crippen LogP contribution in [0.15, 0.2) is 400 Å². The van der Waals surface area contributed by atoms with Crippen LogP contribution in [0.25, 0.3) is 120 Å². The molecular formula is C120H90N4. The first kappa shape index (κ1) is 73.1. The molecular weight excluding hydrogens is 1500 g/mol. The molecule has 0 bridgehead atoms. The SMILES string of the molecule is CC1(C)c2cc(N(c3ccccc3)c3ccc4ccccc4c3)ccc2-c2ccc3c(c21)C(C)(C)c1cc(N(c2ccccc2)c2ccc4ccc(-c5ccc6c(N(c7ccccc7)c7ccc8ccccc8c7)cc7c(c6c5)-c5ccc6c(c5C7(C)C)C(C)(C)c5cc(N(c7ccccc7)c7ccc8ccccc8c7)ccc5-6)cc4c2)c2ccccc2c1-3. The Hall–Kier alpha value is -14.8. The van der Waals surface area contributed by atoms with E-state index in [1.54, 1.807) is 0 Å². The lowest BCUT2D eigenvalue weighted by atomic mass is 9.72. The monoisotopic (exact) mass is 1590 g/mol. The zero-order valence-corrected chi connectivity index (χ0v) is 70.9. The maximum absolute atomic E-state index is 2.56. The van der Waals surface area contributed by atoms with Crippen LogP contribution in [0.4, 0.5) is 68.2 Å². The lowest BCUT2D eigenvalue weighted by Crippen LogP contribution is -2.24. The van der Waals surface area contributed by atoms with E-state index in [0.29, 0.717) is 0 Å². The smallest absolute Gasteiger partial charge is 0.0543 e. The van der Waals surface area contributed by atoms with Crippen molar-refractivity contribution in [3.05, 3.63) is 445 Å². The summed E-state index contributed by atoms with van der Waals surface area (Å²) in [5.41, 5.74) is 35.8. The molecule has 4 aliphatic carbocycles. The van der Waals surface area contributed by atoms with E-state index in [1.807, 2.05) is 0 Å². The highest BCUT2D eigenvalue weighted by Crippen LogP contribution is 2.65. The molecule has 0 N–H and O–H groups in total. The van der Waals surface area contributed by atoms with Crippen LogP contribution in [0.1, 0.15) is 99.9 Å². The van der Waals surface area contributed by atoms with Gasteiger partial charge in [0.25, 0.3) is 0 Å². The summed E-state index contributed by atoms with van der Waals surface area (Å²) in [6.45, 7) is 19.9. The fraction of sp³-hybridized carbons (Fsp3) is 0.100. The topological polar surface area (TPSA) is 13.0 Å². The average Bonchev–Trinajstić information content (AvgIpc) is 1.52. The Balaban J connectivity index is 0.639. The number of rotatable bonds is 13. The first-order valence-electron chi connectivity index (χ1n) is 43.8. The minimum absolute atomic E-state index is 0.332. The highest BCUT2D eigenvalue weighted by atomic mass is 15.2. The van der Waals surface area contributed by atoms with Crippen LogP contribution in [0.2, 0.25) is 0 Å². The van der Waals surface area contributed by atoms with Crippen molar-refractivity contribution in [3.63, 3.8) is 0 Å². The van der Waals surface area contributed by atoms with Gasteiger partial charge in [-0.3, -0.25) is 0 Å². The van der Waals surface area contributed by atoms with E-state index in [0.717, 1.165) is 79.4 Å². The lowest BCUT2D eigenvalue weighted by Gasteiger charge is -2.32. The Kier molecular flexibility index (Phi) is 16.1. The summed E-state index contributed by atoms with van der Waals surface area (Å²) < 4.78 is 0. The molecule has 0 heterocycles. The van der Waals surface area contributed by atoms with E-state index < -0.39 is 5.41 Å². The third-order valence-corrected chi connectivity index (χ3v) is 28.3. The second kappa shape index (κ2) is 27.3. The Morgan fingerprint density at radius 3 is 0.879 bits per heavy atom. The third-order valence-electron chi connectivity index (χ3n) is 28.3. The number of anilines is 12. The van der Waals surface area contributed by atoms with Gasteiger partial charge in [-0.15, -0.1) is 0 Å². The van der Waals surface area contributed by atoms with Crippen LogP contribution in [-0.4, -0.2) is 0 Å². The molecule has 0 spiro atoms. The van der Waals surface area contributed by atoms with E-state index >= 15 is 0 Å². The fourth-order valence-electron chi connectivity index (χ4n) is 22.5. The van der Waals surface area contributed by atoms with Gasteiger partial charge in [0.2, 0.25) is 0 Å². The fourth-order valence-corrected chi connectivity index (χ4v) is 22.5. The molecule has 0 atom stereocenters. The van der Waals surface area contributed by atoms with Crippen molar-refractivity contribution in [3.8, 4) is 55.6 Å². The summed E-state index contributed by atoms with van der Waals surface area (Å²) in [7, 11) is 0. The number of benzene rings is 20. The Morgan fingerprint density at radius 2 is 0.444 bits per heavy atom. The number of hydrogen-bond donors (Lipinski definition) is 0. The van der Waals surface area contributed by atoms with Crippen molar-refractivity contribution in [2.24, 2.45) is 0 Å². The van der Waals surface area contributed by atoms with E-state index in [2.05, 4.69) is 475 Å². The summed E-state index contributed by atoms with van der Waals surface area (Å²) in [4.78, 5) is 9.91.